The van der Waals surface area contributed by atoms with Crippen molar-refractivity contribution in [2.24, 2.45) is 5.92 Å². The fraction of sp³-hybridized carbons (Fsp3) is 0.600. The van der Waals surface area contributed by atoms with Crippen LogP contribution in [0.2, 0.25) is 0 Å². The van der Waals surface area contributed by atoms with E-state index in [0.29, 0.717) is 4.83 Å². The molecule has 1 aliphatic rings. The van der Waals surface area contributed by atoms with Crippen molar-refractivity contribution in [3.63, 3.8) is 0 Å². The predicted molar refractivity (Wildman–Crippen MR) is 81.2 cm³/mol. The van der Waals surface area contributed by atoms with Crippen LogP contribution in [0.25, 0.3) is 0 Å². The molecule has 0 aliphatic carbocycles. The van der Waals surface area contributed by atoms with Crippen LogP contribution in [-0.2, 0) is 6.42 Å². The number of rotatable bonds is 5. The van der Waals surface area contributed by atoms with Gasteiger partial charge in [0.05, 0.1) is 0 Å². The molecular formula is C15H21BrS. The summed E-state index contributed by atoms with van der Waals surface area (Å²) in [7, 11) is 0. The van der Waals surface area contributed by atoms with E-state index in [9.17, 15) is 0 Å². The molecule has 2 unspecified atom stereocenters. The number of alkyl halides is 1. The Kier molecular flexibility index (Phi) is 4.98. The van der Waals surface area contributed by atoms with Crippen molar-refractivity contribution in [3.05, 3.63) is 29.8 Å². The largest absolute Gasteiger partial charge is 0.122 e. The van der Waals surface area contributed by atoms with Crippen molar-refractivity contribution in [3.8, 4) is 0 Å². The van der Waals surface area contributed by atoms with E-state index < -0.39 is 0 Å². The summed E-state index contributed by atoms with van der Waals surface area (Å²) in [6, 6.07) is 8.86. The monoisotopic (exact) mass is 312 g/mol. The number of fused-ring (bicyclic) bond motifs is 1. The number of halogens is 1. The number of hydrogen-bond acceptors (Lipinski definition) is 1. The van der Waals surface area contributed by atoms with Crippen LogP contribution < -0.4 is 0 Å². The molecule has 17 heavy (non-hydrogen) atoms. The Balaban J connectivity index is 1.76. The third-order valence-corrected chi connectivity index (χ3v) is 5.46. The third-order valence-electron chi connectivity index (χ3n) is 3.24. The van der Waals surface area contributed by atoms with Crippen molar-refractivity contribution in [2.75, 3.05) is 0 Å². The van der Waals surface area contributed by atoms with Gasteiger partial charge in [0.25, 0.3) is 0 Å². The van der Waals surface area contributed by atoms with Crippen LogP contribution in [-0.4, -0.2) is 10.1 Å². The molecule has 2 rings (SSSR count). The van der Waals surface area contributed by atoms with E-state index in [4.69, 9.17) is 0 Å². The average Bonchev–Trinajstić information content (AvgIpc) is 2.68. The molecule has 0 N–H and O–H groups in total. The summed E-state index contributed by atoms with van der Waals surface area (Å²) in [5.74, 6) is 0.799. The molecule has 2 heteroatoms. The maximum atomic E-state index is 3.81. The summed E-state index contributed by atoms with van der Waals surface area (Å²) in [5.41, 5.74) is 1.55. The van der Waals surface area contributed by atoms with E-state index >= 15 is 0 Å². The zero-order chi connectivity index (χ0) is 12.3. The van der Waals surface area contributed by atoms with Gasteiger partial charge in [-0.3, -0.25) is 0 Å². The van der Waals surface area contributed by atoms with E-state index in [2.05, 4.69) is 65.8 Å². The molecule has 0 saturated heterocycles. The molecule has 0 nitrogen and oxygen atoms in total. The highest BCUT2D eigenvalue weighted by atomic mass is 79.9. The first-order valence-electron chi connectivity index (χ1n) is 6.53. The lowest BCUT2D eigenvalue weighted by Crippen LogP contribution is -2.08. The van der Waals surface area contributed by atoms with Crippen molar-refractivity contribution in [2.45, 2.75) is 54.5 Å². The maximum Gasteiger partial charge on any atom is 0.0148 e. The van der Waals surface area contributed by atoms with Gasteiger partial charge in [0.1, 0.15) is 0 Å². The summed E-state index contributed by atoms with van der Waals surface area (Å²) in [4.78, 5) is 2.21. The third kappa shape index (κ3) is 4.03. The van der Waals surface area contributed by atoms with E-state index in [-0.39, 0.29) is 0 Å². The van der Waals surface area contributed by atoms with Gasteiger partial charge in [-0.15, -0.1) is 11.8 Å². The van der Waals surface area contributed by atoms with E-state index in [1.54, 1.807) is 5.56 Å². The highest BCUT2D eigenvalue weighted by molar-refractivity contribution is 9.09. The van der Waals surface area contributed by atoms with Crippen LogP contribution in [0.4, 0.5) is 0 Å². The van der Waals surface area contributed by atoms with Gasteiger partial charge >= 0.3 is 0 Å². The Morgan fingerprint density at radius 1 is 1.35 bits per heavy atom. The molecule has 1 aliphatic heterocycles. The molecule has 1 aromatic carbocycles. The van der Waals surface area contributed by atoms with Crippen LogP contribution >= 0.6 is 27.7 Å². The lowest BCUT2D eigenvalue weighted by Gasteiger charge is -2.14. The summed E-state index contributed by atoms with van der Waals surface area (Å²) < 4.78 is 0. The normalized spacial score (nSPS) is 20.6. The Labute approximate surface area is 118 Å². The minimum absolute atomic E-state index is 0.701. The number of benzene rings is 1. The molecule has 0 spiro atoms. The first-order chi connectivity index (χ1) is 8.15. The summed E-state index contributed by atoms with van der Waals surface area (Å²) in [6.07, 6.45) is 5.21. The quantitative estimate of drug-likeness (QED) is 0.665. The molecule has 94 valence electrons. The molecule has 0 aromatic heterocycles. The topological polar surface area (TPSA) is 0 Å². The van der Waals surface area contributed by atoms with Gasteiger partial charge in [0, 0.05) is 15.0 Å². The molecule has 1 aromatic rings. The van der Waals surface area contributed by atoms with Crippen LogP contribution in [0.5, 0.6) is 0 Å². The zero-order valence-corrected chi connectivity index (χ0v) is 13.1. The molecular weight excluding hydrogens is 292 g/mol. The van der Waals surface area contributed by atoms with Crippen molar-refractivity contribution < 1.29 is 0 Å². The molecule has 0 radical (unpaired) electrons. The molecule has 0 bridgehead atoms. The smallest absolute Gasteiger partial charge is 0.0148 e. The summed E-state index contributed by atoms with van der Waals surface area (Å²) >= 11 is 5.89. The fourth-order valence-corrected chi connectivity index (χ4v) is 4.76. The Hall–Kier alpha value is 0.0500. The zero-order valence-electron chi connectivity index (χ0n) is 10.7. The van der Waals surface area contributed by atoms with Crippen LogP contribution in [0.15, 0.2) is 29.2 Å². The van der Waals surface area contributed by atoms with Crippen LogP contribution in [0.1, 0.15) is 38.7 Å². The number of hydrogen-bond donors (Lipinski definition) is 0. The van der Waals surface area contributed by atoms with E-state index in [1.165, 1.54) is 30.6 Å². The van der Waals surface area contributed by atoms with Crippen molar-refractivity contribution in [1.29, 1.82) is 0 Å². The van der Waals surface area contributed by atoms with E-state index in [1.807, 2.05) is 0 Å². The van der Waals surface area contributed by atoms with Gasteiger partial charge in [-0.2, -0.15) is 0 Å². The van der Waals surface area contributed by atoms with Crippen LogP contribution in [0.3, 0.4) is 0 Å². The Morgan fingerprint density at radius 2 is 2.12 bits per heavy atom. The van der Waals surface area contributed by atoms with Gasteiger partial charge in [-0.05, 0) is 43.2 Å². The second-order valence-corrected chi connectivity index (χ2v) is 7.99. The minimum atomic E-state index is 0.701. The SMILES string of the molecule is CC(C)CC(Br)CCC1Cc2ccccc2S1. The van der Waals surface area contributed by atoms with Gasteiger partial charge in [-0.1, -0.05) is 48.0 Å². The second kappa shape index (κ2) is 6.29. The Bertz CT molecular complexity index is 337. The van der Waals surface area contributed by atoms with E-state index in [0.717, 1.165) is 11.2 Å². The Morgan fingerprint density at radius 3 is 2.82 bits per heavy atom. The predicted octanol–water partition coefficient (Wildman–Crippen LogP) is 5.29. The van der Waals surface area contributed by atoms with Gasteiger partial charge < -0.3 is 0 Å². The first kappa shape index (κ1) is 13.5. The fourth-order valence-electron chi connectivity index (χ4n) is 2.41. The summed E-state index contributed by atoms with van der Waals surface area (Å²) in [6.45, 7) is 4.60. The van der Waals surface area contributed by atoms with Crippen LogP contribution in [0, 0.1) is 5.92 Å². The maximum absolute atomic E-state index is 3.81. The van der Waals surface area contributed by atoms with Gasteiger partial charge in [-0.25, -0.2) is 0 Å². The highest BCUT2D eigenvalue weighted by Crippen LogP contribution is 2.39. The number of thioether (sulfide) groups is 1. The lowest BCUT2D eigenvalue weighted by molar-refractivity contribution is 0.540. The van der Waals surface area contributed by atoms with Gasteiger partial charge in [0.2, 0.25) is 0 Å². The minimum Gasteiger partial charge on any atom is -0.122 e. The molecule has 0 fully saturated rings. The lowest BCUT2D eigenvalue weighted by atomic mass is 10.0. The molecule has 0 amide bonds. The molecule has 1 heterocycles. The second-order valence-electron chi connectivity index (χ2n) is 5.36. The van der Waals surface area contributed by atoms with Crippen molar-refractivity contribution >= 4 is 27.7 Å². The molecule has 2 atom stereocenters. The summed E-state index contributed by atoms with van der Waals surface area (Å²) in [5, 5.41) is 0.805. The van der Waals surface area contributed by atoms with Gasteiger partial charge in [0.15, 0.2) is 0 Å². The first-order valence-corrected chi connectivity index (χ1v) is 8.33. The van der Waals surface area contributed by atoms with Crippen molar-refractivity contribution in [1.82, 2.24) is 0 Å². The molecule has 0 saturated carbocycles. The standard InChI is InChI=1S/C15H21BrS/c1-11(2)9-13(16)7-8-14-10-12-5-3-4-6-15(12)17-14/h3-6,11,13-14H,7-10H2,1-2H3. The average molecular weight is 313 g/mol. The highest BCUT2D eigenvalue weighted by Gasteiger charge is 2.22.